The molecule has 0 saturated carbocycles. The minimum atomic E-state index is -1.83. The van der Waals surface area contributed by atoms with Crippen molar-refractivity contribution < 1.29 is 15.0 Å². The number of hydrogen-bond acceptors (Lipinski definition) is 1. The molecule has 0 aliphatic rings. The monoisotopic (exact) mass is 86.0 g/mol. The normalized spacial score (nSPS) is 4.80. The van der Waals surface area contributed by atoms with Crippen LogP contribution in [0.15, 0.2) is 0 Å². The van der Waals surface area contributed by atoms with Crippen LogP contribution >= 0.6 is 0 Å². The molecule has 0 bridgehead atoms. The molecule has 3 nitrogen and oxygen atoms in total. The van der Waals surface area contributed by atoms with E-state index in [-0.39, 0.29) is 29.6 Å². The molecule has 0 aliphatic carbocycles. The molecule has 2 N–H and O–H groups in total. The van der Waals surface area contributed by atoms with Crippen LogP contribution in [0.3, 0.4) is 0 Å². The van der Waals surface area contributed by atoms with E-state index in [2.05, 4.69) is 0 Å². The topological polar surface area (TPSA) is 57.5 Å². The van der Waals surface area contributed by atoms with Crippen molar-refractivity contribution in [2.24, 2.45) is 0 Å². The Balaban J connectivity index is 0. The SMILES string of the molecule is O=C(O)O.[NaH]. The van der Waals surface area contributed by atoms with Crippen molar-refractivity contribution in [1.29, 1.82) is 0 Å². The third-order valence-corrected chi connectivity index (χ3v) is 0. The van der Waals surface area contributed by atoms with Gasteiger partial charge in [0, 0.05) is 0 Å². The Kier molecular flexibility index (Phi) is 7.67. The van der Waals surface area contributed by atoms with E-state index in [0.717, 1.165) is 0 Å². The molecule has 0 rings (SSSR count). The molecule has 0 saturated heterocycles. The van der Waals surface area contributed by atoms with Crippen LogP contribution in [0.5, 0.6) is 0 Å². The zero-order valence-electron chi connectivity index (χ0n) is 1.80. The second-order valence-corrected chi connectivity index (χ2v) is 0.283. The van der Waals surface area contributed by atoms with E-state index in [0.29, 0.717) is 0 Å². The van der Waals surface area contributed by atoms with Gasteiger partial charge in [0.05, 0.1) is 0 Å². The molecule has 0 fully saturated rings. The zero-order chi connectivity index (χ0) is 3.58. The zero-order valence-corrected chi connectivity index (χ0v) is 1.80. The van der Waals surface area contributed by atoms with E-state index in [1.54, 1.807) is 0 Å². The summed E-state index contributed by atoms with van der Waals surface area (Å²) in [6, 6.07) is 0. The van der Waals surface area contributed by atoms with Crippen LogP contribution in [0, 0.1) is 0 Å². The van der Waals surface area contributed by atoms with Crippen molar-refractivity contribution >= 4 is 35.7 Å². The Hall–Kier alpha value is 0.270. The van der Waals surface area contributed by atoms with Crippen molar-refractivity contribution in [3.05, 3.63) is 0 Å². The van der Waals surface area contributed by atoms with Crippen molar-refractivity contribution in [2.75, 3.05) is 0 Å². The third kappa shape index (κ3) is 302. The molecule has 0 amide bonds. The molecule has 0 heterocycles. The predicted molar refractivity (Wildman–Crippen MR) is 17.8 cm³/mol. The van der Waals surface area contributed by atoms with E-state index in [9.17, 15) is 0 Å². The van der Waals surface area contributed by atoms with Gasteiger partial charge in [-0.25, -0.2) is 4.79 Å². The Morgan fingerprint density at radius 2 is 1.40 bits per heavy atom. The third-order valence-electron chi connectivity index (χ3n) is 0. The van der Waals surface area contributed by atoms with E-state index >= 15 is 0 Å². The standard InChI is InChI=1S/CH2O3.Na.H/c2-1(3)4;;/h(H2,2,3,4);;. The molecule has 0 radical (unpaired) electrons. The van der Waals surface area contributed by atoms with Gasteiger partial charge >= 0.3 is 35.7 Å². The quantitative estimate of drug-likeness (QED) is 0.393. The summed E-state index contributed by atoms with van der Waals surface area (Å²) in [4.78, 5) is 8.56. The number of carbonyl (C=O) groups is 1. The molecule has 5 heavy (non-hydrogen) atoms. The molecule has 0 aromatic carbocycles. The Morgan fingerprint density at radius 3 is 1.40 bits per heavy atom. The predicted octanol–water partition coefficient (Wildman–Crippen LogP) is -0.426. The molecular weight excluding hydrogens is 83.0 g/mol. The summed E-state index contributed by atoms with van der Waals surface area (Å²) in [6.45, 7) is 0. The van der Waals surface area contributed by atoms with Crippen LogP contribution in [0.4, 0.5) is 4.79 Å². The van der Waals surface area contributed by atoms with Crippen molar-refractivity contribution in [1.82, 2.24) is 0 Å². The van der Waals surface area contributed by atoms with Crippen LogP contribution in [0.2, 0.25) is 0 Å². The fourth-order valence-electron chi connectivity index (χ4n) is 0. The van der Waals surface area contributed by atoms with Gasteiger partial charge in [0.2, 0.25) is 0 Å². The van der Waals surface area contributed by atoms with Gasteiger partial charge in [-0.15, -0.1) is 0 Å². The summed E-state index contributed by atoms with van der Waals surface area (Å²) in [5.41, 5.74) is 0. The molecule has 26 valence electrons. The average molecular weight is 86.0 g/mol. The van der Waals surface area contributed by atoms with Crippen molar-refractivity contribution in [2.45, 2.75) is 0 Å². The Morgan fingerprint density at radius 1 is 1.40 bits per heavy atom. The summed E-state index contributed by atoms with van der Waals surface area (Å²) in [5, 5.41) is 13.9. The van der Waals surface area contributed by atoms with Crippen molar-refractivity contribution in [3.8, 4) is 0 Å². The first kappa shape index (κ1) is 8.99. The molecule has 0 atom stereocenters. The molecule has 0 unspecified atom stereocenters. The molecule has 0 aromatic heterocycles. The number of hydrogen-bond donors (Lipinski definition) is 2. The van der Waals surface area contributed by atoms with Gasteiger partial charge in [0.1, 0.15) is 0 Å². The molecule has 0 aliphatic heterocycles. The number of rotatable bonds is 0. The van der Waals surface area contributed by atoms with E-state index in [1.165, 1.54) is 0 Å². The first-order valence-electron chi connectivity index (χ1n) is 0.651. The first-order valence-corrected chi connectivity index (χ1v) is 0.651. The van der Waals surface area contributed by atoms with Gasteiger partial charge < -0.3 is 10.2 Å². The second kappa shape index (κ2) is 4.27. The van der Waals surface area contributed by atoms with Crippen LogP contribution in [0.1, 0.15) is 0 Å². The van der Waals surface area contributed by atoms with Crippen LogP contribution < -0.4 is 0 Å². The van der Waals surface area contributed by atoms with Gasteiger partial charge in [-0.3, -0.25) is 0 Å². The molecular formula is CH3NaO3. The summed E-state index contributed by atoms with van der Waals surface area (Å²) in [7, 11) is 0. The molecule has 4 heteroatoms. The number of carboxylic acid groups (broad SMARTS) is 2. The molecule has 0 aromatic rings. The minimum absolute atomic E-state index is 0. The summed E-state index contributed by atoms with van der Waals surface area (Å²) in [6.07, 6.45) is -1.83. The second-order valence-electron chi connectivity index (χ2n) is 0.283. The average Bonchev–Trinajstić information content (AvgIpc) is 0.811. The van der Waals surface area contributed by atoms with Gasteiger partial charge in [-0.2, -0.15) is 0 Å². The summed E-state index contributed by atoms with van der Waals surface area (Å²) in [5.74, 6) is 0. The van der Waals surface area contributed by atoms with Gasteiger partial charge in [-0.05, 0) is 0 Å². The molecule has 0 spiro atoms. The van der Waals surface area contributed by atoms with E-state index in [1.807, 2.05) is 0 Å². The fourth-order valence-corrected chi connectivity index (χ4v) is 0. The fraction of sp³-hybridized carbons (Fsp3) is 0. The summed E-state index contributed by atoms with van der Waals surface area (Å²) >= 11 is 0. The maximum absolute atomic E-state index is 8.56. The van der Waals surface area contributed by atoms with E-state index < -0.39 is 6.16 Å². The van der Waals surface area contributed by atoms with Crippen molar-refractivity contribution in [3.63, 3.8) is 0 Å². The first-order chi connectivity index (χ1) is 1.73. The van der Waals surface area contributed by atoms with Gasteiger partial charge in [0.15, 0.2) is 0 Å². The Labute approximate surface area is 50.9 Å². The summed E-state index contributed by atoms with van der Waals surface area (Å²) < 4.78 is 0. The van der Waals surface area contributed by atoms with Crippen LogP contribution in [-0.2, 0) is 0 Å². The van der Waals surface area contributed by atoms with Crippen LogP contribution in [-0.4, -0.2) is 45.9 Å². The van der Waals surface area contributed by atoms with Gasteiger partial charge in [0.25, 0.3) is 0 Å². The Bertz CT molecular complexity index is 29.9. The maximum atomic E-state index is 8.56. The van der Waals surface area contributed by atoms with E-state index in [4.69, 9.17) is 15.0 Å². The van der Waals surface area contributed by atoms with Gasteiger partial charge in [-0.1, -0.05) is 0 Å². The van der Waals surface area contributed by atoms with Crippen LogP contribution in [0.25, 0.3) is 0 Å².